The van der Waals surface area contributed by atoms with Gasteiger partial charge in [-0.2, -0.15) is 0 Å². The van der Waals surface area contributed by atoms with Gasteiger partial charge in [0.2, 0.25) is 11.0 Å². The molecule has 0 bridgehead atoms. The van der Waals surface area contributed by atoms with Crippen molar-refractivity contribution in [3.05, 3.63) is 5.51 Å². The molecule has 0 atom stereocenters. The molecule has 13 heavy (non-hydrogen) atoms. The molecule has 4 N–H and O–H groups in total. The van der Waals surface area contributed by atoms with Gasteiger partial charge in [0.15, 0.2) is 0 Å². The number of carbonyl (C=O) groups excluding carboxylic acids is 2. The lowest BCUT2D eigenvalue weighted by Crippen LogP contribution is -2.36. The van der Waals surface area contributed by atoms with E-state index >= 15 is 0 Å². The average molecular weight is 201 g/mol. The van der Waals surface area contributed by atoms with Gasteiger partial charge in [-0.15, -0.1) is 10.2 Å². The Morgan fingerprint density at radius 2 is 2.38 bits per heavy atom. The van der Waals surface area contributed by atoms with Crippen LogP contribution in [-0.2, 0) is 4.79 Å². The summed E-state index contributed by atoms with van der Waals surface area (Å²) in [6, 6.07) is -0.743. The first-order valence-corrected chi connectivity index (χ1v) is 4.16. The van der Waals surface area contributed by atoms with E-state index in [-0.39, 0.29) is 6.54 Å². The maximum absolute atomic E-state index is 11.0. The molecule has 1 rings (SSSR count). The standard InChI is InChI=1S/C5H7N5O2S/c6-4(12)7-1-3(11)9-5-10-8-2-13-5/h2H,1H2,(H3,6,7,12)(H,9,10,11). The number of carbonyl (C=O) groups is 2. The second-order valence-corrected chi connectivity index (χ2v) is 2.84. The first-order chi connectivity index (χ1) is 6.18. The Morgan fingerprint density at radius 1 is 1.62 bits per heavy atom. The largest absolute Gasteiger partial charge is 0.352 e. The van der Waals surface area contributed by atoms with Gasteiger partial charge in [0.05, 0.1) is 6.54 Å². The third-order valence-electron chi connectivity index (χ3n) is 1.03. The summed E-state index contributed by atoms with van der Waals surface area (Å²) in [6.07, 6.45) is 0. The number of hydrogen-bond donors (Lipinski definition) is 3. The zero-order valence-corrected chi connectivity index (χ0v) is 7.30. The summed E-state index contributed by atoms with van der Waals surface area (Å²) in [4.78, 5) is 21.2. The molecule has 1 heterocycles. The zero-order chi connectivity index (χ0) is 9.68. The lowest BCUT2D eigenvalue weighted by Gasteiger charge is -2.00. The van der Waals surface area contributed by atoms with Gasteiger partial charge in [0.25, 0.3) is 0 Å². The summed E-state index contributed by atoms with van der Waals surface area (Å²) in [7, 11) is 0. The Bertz CT molecular complexity index is 298. The highest BCUT2D eigenvalue weighted by atomic mass is 32.1. The summed E-state index contributed by atoms with van der Waals surface area (Å²) >= 11 is 1.19. The minimum atomic E-state index is -0.743. The van der Waals surface area contributed by atoms with Crippen molar-refractivity contribution in [3.63, 3.8) is 0 Å². The van der Waals surface area contributed by atoms with Gasteiger partial charge < -0.3 is 11.1 Å². The summed E-state index contributed by atoms with van der Waals surface area (Å²) in [5.41, 5.74) is 6.24. The fraction of sp³-hybridized carbons (Fsp3) is 0.200. The number of anilines is 1. The fourth-order valence-corrected chi connectivity index (χ4v) is 1.02. The minimum Gasteiger partial charge on any atom is -0.352 e. The number of nitrogens with zero attached hydrogens (tertiary/aromatic N) is 2. The lowest BCUT2D eigenvalue weighted by atomic mass is 10.6. The molecule has 0 spiro atoms. The van der Waals surface area contributed by atoms with Crippen LogP contribution in [0.15, 0.2) is 5.51 Å². The summed E-state index contributed by atoms with van der Waals surface area (Å²) in [6.45, 7) is -0.172. The molecule has 0 aromatic carbocycles. The molecule has 0 aliphatic heterocycles. The van der Waals surface area contributed by atoms with Crippen molar-refractivity contribution < 1.29 is 9.59 Å². The Labute approximate surface area is 77.3 Å². The molecule has 7 nitrogen and oxygen atoms in total. The predicted molar refractivity (Wildman–Crippen MR) is 46.1 cm³/mol. The molecule has 0 unspecified atom stereocenters. The van der Waals surface area contributed by atoms with Gasteiger partial charge in [-0.1, -0.05) is 11.3 Å². The number of nitrogens with one attached hydrogen (secondary N) is 2. The molecule has 8 heteroatoms. The molecule has 0 fully saturated rings. The van der Waals surface area contributed by atoms with Crippen molar-refractivity contribution in [1.82, 2.24) is 15.5 Å². The fourth-order valence-electron chi connectivity index (χ4n) is 0.558. The smallest absolute Gasteiger partial charge is 0.312 e. The molecule has 0 saturated carbocycles. The van der Waals surface area contributed by atoms with Crippen molar-refractivity contribution in [1.29, 1.82) is 0 Å². The van der Waals surface area contributed by atoms with Gasteiger partial charge in [-0.3, -0.25) is 10.1 Å². The maximum atomic E-state index is 11.0. The second kappa shape index (κ2) is 4.36. The van der Waals surface area contributed by atoms with Gasteiger partial charge in [-0.25, -0.2) is 4.79 Å². The molecule has 1 aromatic heterocycles. The monoisotopic (exact) mass is 201 g/mol. The highest BCUT2D eigenvalue weighted by molar-refractivity contribution is 7.13. The number of rotatable bonds is 3. The predicted octanol–water partition coefficient (Wildman–Crippen LogP) is -0.855. The van der Waals surface area contributed by atoms with E-state index in [1.54, 1.807) is 0 Å². The maximum Gasteiger partial charge on any atom is 0.312 e. The Hall–Kier alpha value is -1.70. The number of nitrogens with two attached hydrogens (primary N) is 1. The molecule has 70 valence electrons. The Morgan fingerprint density at radius 3 is 2.92 bits per heavy atom. The molecule has 0 radical (unpaired) electrons. The molecule has 0 saturated heterocycles. The van der Waals surface area contributed by atoms with E-state index in [0.29, 0.717) is 5.13 Å². The van der Waals surface area contributed by atoms with Crippen LogP contribution >= 0.6 is 11.3 Å². The molecular weight excluding hydrogens is 194 g/mol. The quantitative estimate of drug-likeness (QED) is 0.591. The number of amides is 3. The van der Waals surface area contributed by atoms with Crippen LogP contribution in [0, 0.1) is 0 Å². The normalized spacial score (nSPS) is 9.23. The number of urea groups is 1. The summed E-state index contributed by atoms with van der Waals surface area (Å²) in [5.74, 6) is -0.393. The molecular formula is C5H7N5O2S. The van der Waals surface area contributed by atoms with E-state index < -0.39 is 11.9 Å². The van der Waals surface area contributed by atoms with Crippen LogP contribution in [0.1, 0.15) is 0 Å². The van der Waals surface area contributed by atoms with Crippen molar-refractivity contribution >= 4 is 28.4 Å². The second-order valence-electron chi connectivity index (χ2n) is 2.01. The third kappa shape index (κ3) is 3.47. The van der Waals surface area contributed by atoms with E-state index in [2.05, 4.69) is 20.8 Å². The number of aromatic nitrogens is 2. The van der Waals surface area contributed by atoms with Gasteiger partial charge in [-0.05, 0) is 0 Å². The van der Waals surface area contributed by atoms with Crippen LogP contribution in [0.2, 0.25) is 0 Å². The van der Waals surface area contributed by atoms with Gasteiger partial charge >= 0.3 is 6.03 Å². The van der Waals surface area contributed by atoms with Crippen LogP contribution in [0.3, 0.4) is 0 Å². The highest BCUT2D eigenvalue weighted by Crippen LogP contribution is 2.06. The van der Waals surface area contributed by atoms with Gasteiger partial charge in [0, 0.05) is 0 Å². The van der Waals surface area contributed by atoms with E-state index in [9.17, 15) is 9.59 Å². The van der Waals surface area contributed by atoms with Crippen LogP contribution in [0.4, 0.5) is 9.93 Å². The molecule has 0 aliphatic carbocycles. The highest BCUT2D eigenvalue weighted by Gasteiger charge is 2.04. The van der Waals surface area contributed by atoms with E-state index in [1.165, 1.54) is 16.8 Å². The zero-order valence-electron chi connectivity index (χ0n) is 6.48. The lowest BCUT2D eigenvalue weighted by molar-refractivity contribution is -0.115. The minimum absolute atomic E-state index is 0.172. The van der Waals surface area contributed by atoms with E-state index in [1.807, 2.05) is 0 Å². The number of primary amides is 1. The van der Waals surface area contributed by atoms with E-state index in [4.69, 9.17) is 5.73 Å². The van der Waals surface area contributed by atoms with Crippen LogP contribution < -0.4 is 16.4 Å². The van der Waals surface area contributed by atoms with Crippen LogP contribution in [0.5, 0.6) is 0 Å². The van der Waals surface area contributed by atoms with Crippen molar-refractivity contribution in [2.45, 2.75) is 0 Å². The SMILES string of the molecule is NC(=O)NCC(=O)Nc1nncs1. The molecule has 1 aromatic rings. The summed E-state index contributed by atoms with van der Waals surface area (Å²) < 4.78 is 0. The van der Waals surface area contributed by atoms with E-state index in [0.717, 1.165) is 0 Å². The number of hydrogen-bond acceptors (Lipinski definition) is 5. The van der Waals surface area contributed by atoms with Crippen molar-refractivity contribution in [3.8, 4) is 0 Å². The molecule has 3 amide bonds. The topological polar surface area (TPSA) is 110 Å². The van der Waals surface area contributed by atoms with Crippen molar-refractivity contribution in [2.75, 3.05) is 11.9 Å². The third-order valence-corrected chi connectivity index (χ3v) is 1.64. The van der Waals surface area contributed by atoms with Crippen LogP contribution in [0.25, 0.3) is 0 Å². The Kier molecular flexibility index (Phi) is 3.15. The summed E-state index contributed by atoms with van der Waals surface area (Å²) in [5, 5.41) is 12.0. The first-order valence-electron chi connectivity index (χ1n) is 3.28. The molecule has 0 aliphatic rings. The first kappa shape index (κ1) is 9.39. The van der Waals surface area contributed by atoms with Crippen molar-refractivity contribution in [2.24, 2.45) is 5.73 Å². The van der Waals surface area contributed by atoms with Gasteiger partial charge in [0.1, 0.15) is 5.51 Å². The Balaban J connectivity index is 2.30. The van der Waals surface area contributed by atoms with Crippen LogP contribution in [-0.4, -0.2) is 28.7 Å². The average Bonchev–Trinajstić information content (AvgIpc) is 2.53.